The van der Waals surface area contributed by atoms with E-state index in [2.05, 4.69) is 4.90 Å². The predicted molar refractivity (Wildman–Crippen MR) is 133 cm³/mol. The van der Waals surface area contributed by atoms with Gasteiger partial charge in [-0.3, -0.25) is 14.5 Å². The lowest BCUT2D eigenvalue weighted by Gasteiger charge is -2.27. The number of benzene rings is 3. The van der Waals surface area contributed by atoms with Gasteiger partial charge in [0.1, 0.15) is 0 Å². The van der Waals surface area contributed by atoms with Crippen molar-refractivity contribution in [2.75, 3.05) is 4.90 Å². The molecule has 1 heterocycles. The number of nitrogens with zero attached hydrogens (tertiary/aromatic N) is 1. The second-order valence-electron chi connectivity index (χ2n) is 8.48. The summed E-state index contributed by atoms with van der Waals surface area (Å²) in [5.41, 5.74) is 4.31. The summed E-state index contributed by atoms with van der Waals surface area (Å²) < 4.78 is 5.70. The monoisotopic (exact) mass is 443 g/mol. The van der Waals surface area contributed by atoms with E-state index in [0.29, 0.717) is 11.1 Å². The standard InChI is InChI=1S/C30H21NO3/c32-29-25-18-21-7-4-5-8-22(21)19-26(25)30(33)27(29)17-20-12-14-24(15-13-20)31(28-11-6-16-34-28)23-9-2-1-3-10-23/h1-12,14,16-19H,13,15H2. The van der Waals surface area contributed by atoms with Crippen LogP contribution in [0.15, 0.2) is 125 Å². The first-order valence-corrected chi connectivity index (χ1v) is 11.3. The lowest BCUT2D eigenvalue weighted by atomic mass is 9.97. The highest BCUT2D eigenvalue weighted by Crippen LogP contribution is 2.36. The van der Waals surface area contributed by atoms with Gasteiger partial charge in [-0.25, -0.2) is 0 Å². The topological polar surface area (TPSA) is 50.5 Å². The van der Waals surface area contributed by atoms with Gasteiger partial charge < -0.3 is 4.42 Å². The Balaban J connectivity index is 1.34. The van der Waals surface area contributed by atoms with E-state index in [9.17, 15) is 9.59 Å². The molecule has 164 valence electrons. The summed E-state index contributed by atoms with van der Waals surface area (Å²) in [6.07, 6.45) is 8.94. The molecule has 0 unspecified atom stereocenters. The number of carbonyl (C=O) groups excluding carboxylic acids is 2. The fourth-order valence-electron chi connectivity index (χ4n) is 4.68. The summed E-state index contributed by atoms with van der Waals surface area (Å²) in [7, 11) is 0. The molecule has 0 bridgehead atoms. The zero-order valence-corrected chi connectivity index (χ0v) is 18.4. The summed E-state index contributed by atoms with van der Waals surface area (Å²) in [4.78, 5) is 28.3. The Morgan fingerprint density at radius 3 is 2.00 bits per heavy atom. The maximum Gasteiger partial charge on any atom is 0.203 e. The molecule has 2 aliphatic carbocycles. The third kappa shape index (κ3) is 3.41. The maximum atomic E-state index is 13.1. The van der Waals surface area contributed by atoms with Gasteiger partial charge in [-0.15, -0.1) is 0 Å². The van der Waals surface area contributed by atoms with Gasteiger partial charge in [0.05, 0.1) is 11.8 Å². The Labute approximate surface area is 197 Å². The Kier molecular flexibility index (Phi) is 4.84. The van der Waals surface area contributed by atoms with Crippen LogP contribution < -0.4 is 4.90 Å². The highest BCUT2D eigenvalue weighted by molar-refractivity contribution is 6.40. The largest absolute Gasteiger partial charge is 0.448 e. The molecule has 4 nitrogen and oxygen atoms in total. The SMILES string of the molecule is O=C1C(=CC2=CC=C(N(c3ccccc3)c3ccco3)CC2)C(=O)c2cc3ccccc3cc21. The molecule has 0 saturated carbocycles. The van der Waals surface area contributed by atoms with Crippen LogP contribution in [0.3, 0.4) is 0 Å². The highest BCUT2D eigenvalue weighted by Gasteiger charge is 2.33. The summed E-state index contributed by atoms with van der Waals surface area (Å²) in [6.45, 7) is 0. The number of ketones is 2. The quantitative estimate of drug-likeness (QED) is 0.248. The van der Waals surface area contributed by atoms with Crippen LogP contribution in [0.4, 0.5) is 11.6 Å². The molecule has 0 N–H and O–H groups in total. The van der Waals surface area contributed by atoms with E-state index < -0.39 is 0 Å². The van der Waals surface area contributed by atoms with Crippen LogP contribution in [0.1, 0.15) is 33.6 Å². The van der Waals surface area contributed by atoms with Gasteiger partial charge >= 0.3 is 0 Å². The Hall–Kier alpha value is -4.44. The van der Waals surface area contributed by atoms with E-state index in [-0.39, 0.29) is 17.1 Å². The first-order valence-electron chi connectivity index (χ1n) is 11.3. The number of allylic oxidation sites excluding steroid dienone is 6. The van der Waals surface area contributed by atoms with Crippen LogP contribution in [0.5, 0.6) is 0 Å². The summed E-state index contributed by atoms with van der Waals surface area (Å²) in [6, 6.07) is 25.3. The lowest BCUT2D eigenvalue weighted by molar-refractivity contribution is 0.0988. The van der Waals surface area contributed by atoms with Gasteiger partial charge in [0.15, 0.2) is 11.6 Å². The number of para-hydroxylation sites is 1. The van der Waals surface area contributed by atoms with Crippen LogP contribution in [0.2, 0.25) is 0 Å². The molecule has 0 spiro atoms. The van der Waals surface area contributed by atoms with E-state index in [4.69, 9.17) is 4.42 Å². The molecule has 0 radical (unpaired) electrons. The van der Waals surface area contributed by atoms with E-state index in [1.807, 2.05) is 91.0 Å². The van der Waals surface area contributed by atoms with Gasteiger partial charge in [-0.05, 0) is 71.7 Å². The number of rotatable bonds is 4. The second kappa shape index (κ2) is 8.16. The Morgan fingerprint density at radius 2 is 1.41 bits per heavy atom. The Bertz CT molecular complexity index is 1470. The number of Topliss-reactive ketones (excluding diaryl/α,β-unsaturated/α-hetero) is 2. The minimum absolute atomic E-state index is 0.192. The van der Waals surface area contributed by atoms with Crippen LogP contribution >= 0.6 is 0 Å². The highest BCUT2D eigenvalue weighted by atomic mass is 16.3. The summed E-state index contributed by atoms with van der Waals surface area (Å²) in [5.74, 6) is 0.363. The first kappa shape index (κ1) is 20.2. The number of carbonyl (C=O) groups is 2. The average molecular weight is 444 g/mol. The third-order valence-electron chi connectivity index (χ3n) is 6.38. The van der Waals surface area contributed by atoms with Crippen LogP contribution in [0.25, 0.3) is 10.8 Å². The fourth-order valence-corrected chi connectivity index (χ4v) is 4.68. The number of furan rings is 1. The van der Waals surface area contributed by atoms with Crippen molar-refractivity contribution in [1.29, 1.82) is 0 Å². The zero-order chi connectivity index (χ0) is 23.1. The molecule has 1 aromatic heterocycles. The van der Waals surface area contributed by atoms with Crippen molar-refractivity contribution in [3.8, 4) is 0 Å². The molecule has 0 atom stereocenters. The molecule has 34 heavy (non-hydrogen) atoms. The molecular formula is C30H21NO3. The molecule has 2 aliphatic rings. The van der Waals surface area contributed by atoms with Crippen molar-refractivity contribution in [2.24, 2.45) is 0 Å². The number of hydrogen-bond acceptors (Lipinski definition) is 4. The average Bonchev–Trinajstić information content (AvgIpc) is 3.48. The molecule has 6 rings (SSSR count). The van der Waals surface area contributed by atoms with Crippen LogP contribution in [0, 0.1) is 0 Å². The minimum atomic E-state index is -0.192. The summed E-state index contributed by atoms with van der Waals surface area (Å²) in [5, 5.41) is 1.93. The van der Waals surface area contributed by atoms with Crippen LogP contribution in [-0.2, 0) is 0 Å². The molecule has 4 aromatic rings. The Morgan fingerprint density at radius 1 is 0.735 bits per heavy atom. The smallest absolute Gasteiger partial charge is 0.203 e. The van der Waals surface area contributed by atoms with Gasteiger partial charge in [0, 0.05) is 28.6 Å². The van der Waals surface area contributed by atoms with Gasteiger partial charge in [-0.2, -0.15) is 0 Å². The predicted octanol–water partition coefficient (Wildman–Crippen LogP) is 7.18. The third-order valence-corrected chi connectivity index (χ3v) is 6.38. The zero-order valence-electron chi connectivity index (χ0n) is 18.4. The molecule has 0 saturated heterocycles. The summed E-state index contributed by atoms with van der Waals surface area (Å²) >= 11 is 0. The molecule has 4 heteroatoms. The van der Waals surface area contributed by atoms with Crippen molar-refractivity contribution in [3.05, 3.63) is 131 Å². The van der Waals surface area contributed by atoms with E-state index in [0.717, 1.165) is 46.5 Å². The van der Waals surface area contributed by atoms with Crippen molar-refractivity contribution in [3.63, 3.8) is 0 Å². The fraction of sp³-hybridized carbons (Fsp3) is 0.0667. The lowest BCUT2D eigenvalue weighted by Crippen LogP contribution is -2.17. The van der Waals surface area contributed by atoms with Crippen LogP contribution in [-0.4, -0.2) is 11.6 Å². The van der Waals surface area contributed by atoms with Crippen molar-refractivity contribution < 1.29 is 14.0 Å². The molecule has 0 aliphatic heterocycles. The normalized spacial score (nSPS) is 15.2. The minimum Gasteiger partial charge on any atom is -0.448 e. The molecular weight excluding hydrogens is 422 g/mol. The van der Waals surface area contributed by atoms with Gasteiger partial charge in [0.2, 0.25) is 5.88 Å². The number of anilines is 2. The van der Waals surface area contributed by atoms with Crippen molar-refractivity contribution in [1.82, 2.24) is 0 Å². The van der Waals surface area contributed by atoms with Crippen molar-refractivity contribution in [2.45, 2.75) is 12.8 Å². The molecule has 0 amide bonds. The molecule has 0 fully saturated rings. The second-order valence-corrected chi connectivity index (χ2v) is 8.48. The van der Waals surface area contributed by atoms with Crippen molar-refractivity contribution >= 4 is 33.9 Å². The van der Waals surface area contributed by atoms with Gasteiger partial charge in [0.25, 0.3) is 0 Å². The van der Waals surface area contributed by atoms with Gasteiger partial charge in [-0.1, -0.05) is 48.5 Å². The number of hydrogen-bond donors (Lipinski definition) is 0. The van der Waals surface area contributed by atoms with E-state index >= 15 is 0 Å². The van der Waals surface area contributed by atoms with E-state index in [1.165, 1.54) is 0 Å². The first-order chi connectivity index (χ1) is 16.7. The number of fused-ring (bicyclic) bond motifs is 2. The maximum absolute atomic E-state index is 13.1. The van der Waals surface area contributed by atoms with E-state index in [1.54, 1.807) is 12.3 Å². The molecule has 3 aromatic carbocycles.